The van der Waals surface area contributed by atoms with E-state index < -0.39 is 33.4 Å². The van der Waals surface area contributed by atoms with Crippen LogP contribution in [0.2, 0.25) is 0 Å². The Kier molecular flexibility index (Phi) is 15.8. The van der Waals surface area contributed by atoms with Crippen molar-refractivity contribution in [2.24, 2.45) is 14.1 Å². The molecule has 294 valence electrons. The molecule has 0 aliphatic carbocycles. The first kappa shape index (κ1) is 43.4. The zero-order chi connectivity index (χ0) is 41.3. The normalized spacial score (nSPS) is 10.6. The summed E-state index contributed by atoms with van der Waals surface area (Å²) in [5, 5.41) is 15.2. The van der Waals surface area contributed by atoms with E-state index in [1.54, 1.807) is 56.7 Å². The van der Waals surface area contributed by atoms with Gasteiger partial charge in [0, 0.05) is 92.5 Å². The summed E-state index contributed by atoms with van der Waals surface area (Å²) in [5.74, 6) is -2.19. The van der Waals surface area contributed by atoms with E-state index in [9.17, 15) is 40.8 Å². The standard InChI is InChI=1S/C10H8F3N3O3S.C10H11NO3.C9H9N3O.C6H5NO2/c1-16-9(19-20(17,18)10(11,12)13)6-8(15-16)7-2-4-14-5-3-7;1-2-14-10(13)7-9(12)8-3-5-11-6-4-8;1-12-9(13)6-8(11-12)7-2-4-10-5-3-7;8-6(9)5-1-3-7-4-2-5/h2-6H,1H3;3-6H,2,7H2,1H3;2-6,11H,1H3;1-4H,(H,8,9). The number of ether oxygens (including phenoxy) is 1. The second-order valence-electron chi connectivity index (χ2n) is 10.7. The monoisotopic (exact) mass is 798 g/mol. The summed E-state index contributed by atoms with van der Waals surface area (Å²) in [5.41, 5.74) is -2.17. The highest BCUT2D eigenvalue weighted by molar-refractivity contribution is 7.87. The van der Waals surface area contributed by atoms with Gasteiger partial charge in [-0.05, 0) is 55.5 Å². The van der Waals surface area contributed by atoms with Crippen molar-refractivity contribution in [3.05, 3.63) is 132 Å². The number of aromatic carboxylic acids is 1. The molecule has 6 aromatic heterocycles. The van der Waals surface area contributed by atoms with Gasteiger partial charge in [0.15, 0.2) is 5.78 Å². The summed E-state index contributed by atoms with van der Waals surface area (Å²) in [6, 6.07) is 15.5. The lowest BCUT2D eigenvalue weighted by molar-refractivity contribution is -0.141. The van der Waals surface area contributed by atoms with E-state index in [4.69, 9.17) is 5.11 Å². The molecule has 0 aromatic carbocycles. The minimum absolute atomic E-state index is 0.0354. The largest absolute Gasteiger partial charge is 0.534 e. The molecule has 0 atom stereocenters. The Bertz CT molecular complexity index is 2340. The summed E-state index contributed by atoms with van der Waals surface area (Å²) in [7, 11) is -2.76. The van der Waals surface area contributed by atoms with Crippen molar-refractivity contribution in [3.8, 4) is 28.4 Å². The van der Waals surface area contributed by atoms with Gasteiger partial charge in [-0.3, -0.25) is 44.1 Å². The number of rotatable bonds is 9. The minimum Gasteiger partial charge on any atom is -0.478 e. The molecule has 0 fully saturated rings. The fraction of sp³-hybridized carbons (Fsp3) is 0.171. The maximum Gasteiger partial charge on any atom is 0.534 e. The molecule has 0 spiro atoms. The molecular formula is C35H33F3N8O9S. The lowest BCUT2D eigenvalue weighted by atomic mass is 10.1. The predicted molar refractivity (Wildman–Crippen MR) is 192 cm³/mol. The Hall–Kier alpha value is -7.03. The van der Waals surface area contributed by atoms with E-state index in [0.717, 1.165) is 22.0 Å². The number of carbonyl (C=O) groups is 3. The maximum atomic E-state index is 12.2. The molecule has 17 nitrogen and oxygen atoms in total. The van der Waals surface area contributed by atoms with Gasteiger partial charge in [0.25, 0.3) is 5.56 Å². The Morgan fingerprint density at radius 2 is 1.27 bits per heavy atom. The van der Waals surface area contributed by atoms with Gasteiger partial charge in [0.2, 0.25) is 5.88 Å². The third-order valence-corrected chi connectivity index (χ3v) is 7.67. The number of hydrogen-bond acceptors (Lipinski definition) is 13. The molecule has 0 aliphatic heterocycles. The molecule has 0 amide bonds. The first-order chi connectivity index (χ1) is 26.5. The van der Waals surface area contributed by atoms with Crippen LogP contribution >= 0.6 is 0 Å². The molecule has 0 bridgehead atoms. The molecule has 21 heteroatoms. The lowest BCUT2D eigenvalue weighted by Gasteiger charge is -2.08. The molecule has 0 aliphatic rings. The Morgan fingerprint density at radius 3 is 1.70 bits per heavy atom. The second kappa shape index (κ2) is 20.4. The van der Waals surface area contributed by atoms with E-state index in [1.165, 1.54) is 61.0 Å². The van der Waals surface area contributed by atoms with Crippen LogP contribution in [0.15, 0.2) is 115 Å². The molecule has 6 heterocycles. The van der Waals surface area contributed by atoms with E-state index in [-0.39, 0.29) is 29.0 Å². The number of halogens is 3. The number of aromatic amines is 1. The average molecular weight is 799 g/mol. The van der Waals surface area contributed by atoms with Gasteiger partial charge < -0.3 is 14.0 Å². The maximum absolute atomic E-state index is 12.2. The highest BCUT2D eigenvalue weighted by atomic mass is 32.2. The van der Waals surface area contributed by atoms with Crippen LogP contribution in [0.4, 0.5) is 13.2 Å². The SMILES string of the molecule is CCOC(=O)CC(=O)c1ccncc1.Cn1[nH]c(-c2ccncc2)cc1=O.Cn1nc(-c2ccncc2)cc1OS(=O)(=O)C(F)(F)F.O=C(O)c1ccncc1. The molecule has 2 N–H and O–H groups in total. The predicted octanol–water partition coefficient (Wildman–Crippen LogP) is 4.48. The van der Waals surface area contributed by atoms with Crippen LogP contribution in [0.1, 0.15) is 34.1 Å². The number of carboxylic acid groups (broad SMARTS) is 1. The Labute approximate surface area is 316 Å². The van der Waals surface area contributed by atoms with Crippen molar-refractivity contribution < 1.29 is 50.0 Å². The first-order valence-electron chi connectivity index (χ1n) is 15.9. The number of hydrogen-bond donors (Lipinski definition) is 2. The molecule has 56 heavy (non-hydrogen) atoms. The number of esters is 1. The molecule has 0 radical (unpaired) electrons. The molecular weight excluding hydrogens is 765 g/mol. The molecule has 6 aromatic rings. The van der Waals surface area contributed by atoms with Crippen molar-refractivity contribution in [1.82, 2.24) is 39.5 Å². The van der Waals surface area contributed by atoms with Gasteiger partial charge in [-0.15, -0.1) is 0 Å². The number of alkyl halides is 3. The van der Waals surface area contributed by atoms with Crippen molar-refractivity contribution in [2.75, 3.05) is 6.61 Å². The van der Waals surface area contributed by atoms with Crippen LogP contribution in [0.3, 0.4) is 0 Å². The lowest BCUT2D eigenvalue weighted by Crippen LogP contribution is -2.28. The second-order valence-corrected chi connectivity index (χ2v) is 12.2. The zero-order valence-electron chi connectivity index (χ0n) is 29.7. The molecule has 0 saturated carbocycles. The van der Waals surface area contributed by atoms with Crippen molar-refractivity contribution in [1.29, 1.82) is 0 Å². The Morgan fingerprint density at radius 1 is 0.786 bits per heavy atom. The number of nitrogens with zero attached hydrogens (tertiary/aromatic N) is 7. The third kappa shape index (κ3) is 13.4. The van der Waals surface area contributed by atoms with E-state index in [0.29, 0.717) is 17.7 Å². The summed E-state index contributed by atoms with van der Waals surface area (Å²) >= 11 is 0. The smallest absolute Gasteiger partial charge is 0.478 e. The van der Waals surface area contributed by atoms with Crippen LogP contribution in [0.25, 0.3) is 22.5 Å². The van der Waals surface area contributed by atoms with Crippen LogP contribution in [0.5, 0.6) is 5.88 Å². The van der Waals surface area contributed by atoms with Gasteiger partial charge in [-0.1, -0.05) is 0 Å². The summed E-state index contributed by atoms with van der Waals surface area (Å²) in [6.45, 7) is 2.00. The van der Waals surface area contributed by atoms with Crippen LogP contribution < -0.4 is 9.74 Å². The van der Waals surface area contributed by atoms with E-state index >= 15 is 0 Å². The number of aromatic nitrogens is 8. The van der Waals surface area contributed by atoms with Crippen molar-refractivity contribution in [3.63, 3.8) is 0 Å². The van der Waals surface area contributed by atoms with E-state index in [1.807, 2.05) is 12.1 Å². The van der Waals surface area contributed by atoms with Gasteiger partial charge in [0.1, 0.15) is 6.42 Å². The molecule has 0 saturated heterocycles. The Balaban J connectivity index is 0.000000208. The van der Waals surface area contributed by atoms with Crippen molar-refractivity contribution in [2.45, 2.75) is 18.9 Å². The number of ketones is 1. The number of Topliss-reactive ketones (excluding diaryl/α,β-unsaturated/α-hetero) is 1. The van der Waals surface area contributed by atoms with Crippen LogP contribution in [0, 0.1) is 0 Å². The number of pyridine rings is 4. The van der Waals surface area contributed by atoms with Crippen LogP contribution in [-0.4, -0.2) is 82.9 Å². The zero-order valence-corrected chi connectivity index (χ0v) is 30.5. The quantitative estimate of drug-likeness (QED) is 0.0675. The number of carboxylic acids is 1. The first-order valence-corrected chi connectivity index (χ1v) is 17.3. The van der Waals surface area contributed by atoms with Gasteiger partial charge >= 0.3 is 27.6 Å². The summed E-state index contributed by atoms with van der Waals surface area (Å²) in [6.07, 6.45) is 12.0. The van der Waals surface area contributed by atoms with Gasteiger partial charge in [0.05, 0.1) is 23.6 Å². The summed E-state index contributed by atoms with van der Waals surface area (Å²) in [4.78, 5) is 58.8. The highest BCUT2D eigenvalue weighted by Crippen LogP contribution is 2.29. The van der Waals surface area contributed by atoms with Gasteiger partial charge in [-0.25, -0.2) is 9.48 Å². The van der Waals surface area contributed by atoms with Gasteiger partial charge in [-0.2, -0.15) is 26.7 Å². The minimum atomic E-state index is -5.72. The highest BCUT2D eigenvalue weighted by Gasteiger charge is 2.49. The summed E-state index contributed by atoms with van der Waals surface area (Å²) < 4.78 is 69.6. The van der Waals surface area contributed by atoms with E-state index in [2.05, 4.69) is 39.1 Å². The topological polar surface area (TPSA) is 231 Å². The molecule has 6 rings (SSSR count). The fourth-order valence-corrected chi connectivity index (χ4v) is 4.47. The third-order valence-electron chi connectivity index (χ3n) is 6.71. The number of nitrogens with one attached hydrogen (secondary N) is 1. The van der Waals surface area contributed by atoms with Crippen molar-refractivity contribution >= 4 is 27.8 Å². The molecule has 0 unspecified atom stereocenters. The average Bonchev–Trinajstić information content (AvgIpc) is 3.72. The number of aryl methyl sites for hydroxylation is 2. The fourth-order valence-electron chi connectivity index (χ4n) is 4.00. The number of H-pyrrole nitrogens is 1. The number of carbonyl (C=O) groups excluding carboxylic acids is 2. The van der Waals surface area contributed by atoms with Crippen LogP contribution in [-0.2, 0) is 33.7 Å².